The smallest absolute Gasteiger partial charge is 0.244 e. The van der Waals surface area contributed by atoms with Gasteiger partial charge in [-0.1, -0.05) is 12.1 Å². The maximum absolute atomic E-state index is 12.6. The van der Waals surface area contributed by atoms with Crippen molar-refractivity contribution >= 4 is 21.4 Å². The van der Waals surface area contributed by atoms with Crippen molar-refractivity contribution in [3.05, 3.63) is 46.7 Å². The molecular formula is C16H19NO4S2. The van der Waals surface area contributed by atoms with E-state index in [2.05, 4.69) is 0 Å². The van der Waals surface area contributed by atoms with Gasteiger partial charge in [0.1, 0.15) is 5.75 Å². The van der Waals surface area contributed by atoms with Gasteiger partial charge >= 0.3 is 0 Å². The summed E-state index contributed by atoms with van der Waals surface area (Å²) in [4.78, 5) is 0.368. The molecule has 2 heterocycles. The van der Waals surface area contributed by atoms with Crippen LogP contribution >= 0.6 is 11.3 Å². The molecule has 7 heteroatoms. The highest BCUT2D eigenvalue weighted by molar-refractivity contribution is 7.89. The Hall–Kier alpha value is -1.41. The molecule has 124 valence electrons. The molecule has 5 nitrogen and oxygen atoms in total. The van der Waals surface area contributed by atoms with Gasteiger partial charge in [0.15, 0.2) is 0 Å². The van der Waals surface area contributed by atoms with Gasteiger partial charge in [0.25, 0.3) is 0 Å². The van der Waals surface area contributed by atoms with Crippen LogP contribution in [0.2, 0.25) is 0 Å². The standard InChI is InChI=1S/C16H19NO4S2/c1-20-14-4-2-13(3-5-14)10-15-11-17(7-8-21-15)23(18,19)16-6-9-22-12-16/h2-6,9,12,15H,7-8,10-11H2,1H3/t15-/m0/s1. The van der Waals surface area contributed by atoms with Crippen LogP contribution in [-0.2, 0) is 21.2 Å². The van der Waals surface area contributed by atoms with Crippen LogP contribution < -0.4 is 4.74 Å². The van der Waals surface area contributed by atoms with E-state index in [0.29, 0.717) is 31.0 Å². The number of sulfonamides is 1. The van der Waals surface area contributed by atoms with E-state index >= 15 is 0 Å². The van der Waals surface area contributed by atoms with Gasteiger partial charge in [-0.3, -0.25) is 0 Å². The van der Waals surface area contributed by atoms with Crippen LogP contribution in [0.4, 0.5) is 0 Å². The monoisotopic (exact) mass is 353 g/mol. The minimum absolute atomic E-state index is 0.134. The minimum atomic E-state index is -3.41. The quantitative estimate of drug-likeness (QED) is 0.828. The molecule has 1 atom stereocenters. The highest BCUT2D eigenvalue weighted by Gasteiger charge is 2.31. The largest absolute Gasteiger partial charge is 0.497 e. The molecule has 2 aromatic rings. The number of thiophene rings is 1. The summed E-state index contributed by atoms with van der Waals surface area (Å²) in [7, 11) is -1.78. The van der Waals surface area contributed by atoms with Crippen molar-refractivity contribution in [1.29, 1.82) is 0 Å². The minimum Gasteiger partial charge on any atom is -0.497 e. The van der Waals surface area contributed by atoms with E-state index in [1.807, 2.05) is 24.3 Å². The molecule has 0 unspecified atom stereocenters. The van der Waals surface area contributed by atoms with Crippen molar-refractivity contribution in [2.75, 3.05) is 26.8 Å². The Kier molecular flexibility index (Phi) is 5.01. The summed E-state index contributed by atoms with van der Waals surface area (Å²) in [6, 6.07) is 9.41. The van der Waals surface area contributed by atoms with Gasteiger partial charge in [-0.15, -0.1) is 0 Å². The number of hydrogen-bond acceptors (Lipinski definition) is 5. The Morgan fingerprint density at radius 1 is 1.30 bits per heavy atom. The van der Waals surface area contributed by atoms with E-state index in [4.69, 9.17) is 9.47 Å². The number of hydrogen-bond donors (Lipinski definition) is 0. The maximum Gasteiger partial charge on any atom is 0.244 e. The summed E-state index contributed by atoms with van der Waals surface area (Å²) >= 11 is 1.39. The molecule has 3 rings (SSSR count). The van der Waals surface area contributed by atoms with Crippen LogP contribution in [0.3, 0.4) is 0 Å². The Morgan fingerprint density at radius 2 is 2.09 bits per heavy atom. The molecule has 0 saturated carbocycles. The summed E-state index contributed by atoms with van der Waals surface area (Å²) in [5.74, 6) is 0.806. The molecule has 0 bridgehead atoms. The number of rotatable bonds is 5. The molecule has 1 aromatic heterocycles. The van der Waals surface area contributed by atoms with Gasteiger partial charge in [0, 0.05) is 18.5 Å². The van der Waals surface area contributed by atoms with Gasteiger partial charge in [0.05, 0.1) is 24.7 Å². The average molecular weight is 353 g/mol. The molecule has 1 fully saturated rings. The molecular weight excluding hydrogens is 334 g/mol. The molecule has 0 N–H and O–H groups in total. The molecule has 0 aliphatic carbocycles. The SMILES string of the molecule is COc1ccc(C[C@H]2CN(S(=O)(=O)c3ccsc3)CCO2)cc1. The first kappa shape index (κ1) is 16.4. The van der Waals surface area contributed by atoms with E-state index < -0.39 is 10.0 Å². The van der Waals surface area contributed by atoms with Crippen molar-refractivity contribution in [2.45, 2.75) is 17.4 Å². The van der Waals surface area contributed by atoms with Gasteiger partial charge in [-0.2, -0.15) is 15.6 Å². The second-order valence-electron chi connectivity index (χ2n) is 5.37. The predicted octanol–water partition coefficient (Wildman–Crippen LogP) is 2.39. The molecule has 1 aromatic carbocycles. The van der Waals surface area contributed by atoms with Crippen molar-refractivity contribution < 1.29 is 17.9 Å². The zero-order valence-electron chi connectivity index (χ0n) is 12.8. The van der Waals surface area contributed by atoms with Crippen LogP contribution in [0.25, 0.3) is 0 Å². The maximum atomic E-state index is 12.6. The zero-order valence-corrected chi connectivity index (χ0v) is 14.5. The Labute approximate surface area is 140 Å². The second kappa shape index (κ2) is 7.00. The lowest BCUT2D eigenvalue weighted by atomic mass is 10.1. The molecule has 0 radical (unpaired) electrons. The first-order valence-electron chi connectivity index (χ1n) is 7.36. The van der Waals surface area contributed by atoms with E-state index in [0.717, 1.165) is 11.3 Å². The summed E-state index contributed by atoms with van der Waals surface area (Å²) in [6.45, 7) is 1.20. The van der Waals surface area contributed by atoms with Crippen molar-refractivity contribution in [3.63, 3.8) is 0 Å². The normalized spacial score (nSPS) is 19.6. The number of morpholine rings is 1. The summed E-state index contributed by atoms with van der Waals surface area (Å²) in [5.41, 5.74) is 1.10. The first-order valence-corrected chi connectivity index (χ1v) is 9.75. The van der Waals surface area contributed by atoms with Gasteiger partial charge < -0.3 is 9.47 Å². The predicted molar refractivity (Wildman–Crippen MR) is 89.5 cm³/mol. The zero-order chi connectivity index (χ0) is 16.3. The van der Waals surface area contributed by atoms with E-state index in [1.165, 1.54) is 15.6 Å². The van der Waals surface area contributed by atoms with Crippen molar-refractivity contribution in [3.8, 4) is 5.75 Å². The lowest BCUT2D eigenvalue weighted by Gasteiger charge is -2.32. The topological polar surface area (TPSA) is 55.8 Å². The van der Waals surface area contributed by atoms with E-state index in [9.17, 15) is 8.42 Å². The lowest BCUT2D eigenvalue weighted by molar-refractivity contribution is -0.000493. The summed E-state index contributed by atoms with van der Waals surface area (Å²) in [6.07, 6.45) is 0.546. The second-order valence-corrected chi connectivity index (χ2v) is 8.09. The van der Waals surface area contributed by atoms with Crippen LogP contribution in [0.1, 0.15) is 5.56 Å². The number of ether oxygens (including phenoxy) is 2. The van der Waals surface area contributed by atoms with Gasteiger partial charge in [-0.05, 0) is 35.6 Å². The number of benzene rings is 1. The van der Waals surface area contributed by atoms with Crippen molar-refractivity contribution in [1.82, 2.24) is 4.31 Å². The van der Waals surface area contributed by atoms with Crippen LogP contribution in [-0.4, -0.2) is 45.6 Å². The Morgan fingerprint density at radius 3 is 2.74 bits per heavy atom. The number of methoxy groups -OCH3 is 1. The highest BCUT2D eigenvalue weighted by Crippen LogP contribution is 2.22. The third-order valence-electron chi connectivity index (χ3n) is 3.86. The van der Waals surface area contributed by atoms with Crippen LogP contribution in [0.15, 0.2) is 46.0 Å². The van der Waals surface area contributed by atoms with E-state index in [-0.39, 0.29) is 6.10 Å². The molecule has 1 aliphatic rings. The van der Waals surface area contributed by atoms with Gasteiger partial charge in [0.2, 0.25) is 10.0 Å². The molecule has 0 spiro atoms. The fourth-order valence-electron chi connectivity index (χ4n) is 2.61. The van der Waals surface area contributed by atoms with E-state index in [1.54, 1.807) is 23.9 Å². The molecule has 23 heavy (non-hydrogen) atoms. The van der Waals surface area contributed by atoms with Crippen molar-refractivity contribution in [2.24, 2.45) is 0 Å². The molecule has 1 saturated heterocycles. The molecule has 1 aliphatic heterocycles. The first-order chi connectivity index (χ1) is 11.1. The van der Waals surface area contributed by atoms with Gasteiger partial charge in [-0.25, -0.2) is 8.42 Å². The Bertz CT molecular complexity index is 726. The van der Waals surface area contributed by atoms with Crippen LogP contribution in [0.5, 0.6) is 5.75 Å². The third-order valence-corrected chi connectivity index (χ3v) is 6.55. The fourth-order valence-corrected chi connectivity index (χ4v) is 5.08. The number of nitrogens with zero attached hydrogens (tertiary/aromatic N) is 1. The highest BCUT2D eigenvalue weighted by atomic mass is 32.2. The molecule has 0 amide bonds. The summed E-state index contributed by atoms with van der Waals surface area (Å²) in [5, 5.41) is 3.45. The summed E-state index contributed by atoms with van der Waals surface area (Å²) < 4.78 is 37.6. The Balaban J connectivity index is 1.68. The third kappa shape index (κ3) is 3.74. The lowest BCUT2D eigenvalue weighted by Crippen LogP contribution is -2.46. The fraction of sp³-hybridized carbons (Fsp3) is 0.375. The average Bonchev–Trinajstić information content (AvgIpc) is 3.11. The van der Waals surface area contributed by atoms with Crippen LogP contribution in [0, 0.1) is 0 Å².